The molecule has 0 atom stereocenters. The lowest BCUT2D eigenvalue weighted by Crippen LogP contribution is -2.11. The van der Waals surface area contributed by atoms with Gasteiger partial charge in [0, 0.05) is 6.42 Å². The molecule has 4 heteroatoms. The summed E-state index contributed by atoms with van der Waals surface area (Å²) in [7, 11) is 0. The van der Waals surface area contributed by atoms with Crippen LogP contribution in [0.4, 0.5) is 0 Å². The number of rotatable bonds is 7. The number of unbranched alkanes of at least 4 members (excludes halogenated alkanes) is 1. The van der Waals surface area contributed by atoms with E-state index < -0.39 is 0 Å². The quantitative estimate of drug-likeness (QED) is 0.261. The SMILES string of the molecule is Cc1ccc(C(C)C)cc1OCCCC/C(N)=N/O. The molecule has 0 bridgehead atoms. The zero-order valence-corrected chi connectivity index (χ0v) is 12.0. The third-order valence-corrected chi connectivity index (χ3v) is 3.09. The molecule has 3 N–H and O–H groups in total. The fraction of sp³-hybridized carbons (Fsp3) is 0.533. The zero-order chi connectivity index (χ0) is 14.3. The molecule has 0 radical (unpaired) electrons. The minimum Gasteiger partial charge on any atom is -0.493 e. The van der Waals surface area contributed by atoms with Crippen LogP contribution in [0.15, 0.2) is 23.4 Å². The van der Waals surface area contributed by atoms with E-state index >= 15 is 0 Å². The van der Waals surface area contributed by atoms with Crippen LogP contribution >= 0.6 is 0 Å². The Kier molecular flexibility index (Phi) is 6.19. The van der Waals surface area contributed by atoms with E-state index in [9.17, 15) is 0 Å². The van der Waals surface area contributed by atoms with E-state index in [1.165, 1.54) is 5.56 Å². The van der Waals surface area contributed by atoms with E-state index in [0.717, 1.165) is 24.2 Å². The van der Waals surface area contributed by atoms with Crippen LogP contribution in [0, 0.1) is 6.92 Å². The Morgan fingerprint density at radius 1 is 1.37 bits per heavy atom. The summed E-state index contributed by atoms with van der Waals surface area (Å²) in [5, 5.41) is 11.4. The molecule has 0 aliphatic carbocycles. The van der Waals surface area contributed by atoms with Gasteiger partial charge in [-0.3, -0.25) is 0 Å². The summed E-state index contributed by atoms with van der Waals surface area (Å²) in [5.41, 5.74) is 7.85. The molecule has 0 spiro atoms. The first kappa shape index (κ1) is 15.3. The fourth-order valence-electron chi connectivity index (χ4n) is 1.77. The molecular formula is C15H24N2O2. The average Bonchev–Trinajstić information content (AvgIpc) is 2.39. The number of nitrogens with two attached hydrogens (primary N) is 1. The van der Waals surface area contributed by atoms with Gasteiger partial charge in [-0.05, 0) is 42.9 Å². The first-order valence-electron chi connectivity index (χ1n) is 6.74. The van der Waals surface area contributed by atoms with Gasteiger partial charge in [0.25, 0.3) is 0 Å². The van der Waals surface area contributed by atoms with Gasteiger partial charge in [0.1, 0.15) is 11.6 Å². The summed E-state index contributed by atoms with van der Waals surface area (Å²) in [5.74, 6) is 1.73. The molecule has 0 saturated carbocycles. The van der Waals surface area contributed by atoms with Crippen LogP contribution in [0.1, 0.15) is 50.2 Å². The van der Waals surface area contributed by atoms with Gasteiger partial charge in [-0.1, -0.05) is 31.1 Å². The Morgan fingerprint density at radius 2 is 2.11 bits per heavy atom. The Balaban J connectivity index is 2.42. The average molecular weight is 264 g/mol. The van der Waals surface area contributed by atoms with Crippen molar-refractivity contribution < 1.29 is 9.94 Å². The smallest absolute Gasteiger partial charge is 0.139 e. The highest BCUT2D eigenvalue weighted by Crippen LogP contribution is 2.24. The van der Waals surface area contributed by atoms with Crippen LogP contribution in [0.3, 0.4) is 0 Å². The van der Waals surface area contributed by atoms with Crippen molar-refractivity contribution in [1.82, 2.24) is 0 Å². The van der Waals surface area contributed by atoms with Crippen molar-refractivity contribution >= 4 is 5.84 Å². The van der Waals surface area contributed by atoms with Crippen LogP contribution in [-0.4, -0.2) is 17.6 Å². The number of oxime groups is 1. The highest BCUT2D eigenvalue weighted by Gasteiger charge is 2.04. The molecule has 4 nitrogen and oxygen atoms in total. The lowest BCUT2D eigenvalue weighted by Gasteiger charge is -2.12. The van der Waals surface area contributed by atoms with E-state index in [-0.39, 0.29) is 5.84 Å². The highest BCUT2D eigenvalue weighted by atomic mass is 16.5. The van der Waals surface area contributed by atoms with Crippen LogP contribution in [-0.2, 0) is 0 Å². The first-order chi connectivity index (χ1) is 9.04. The van der Waals surface area contributed by atoms with Crippen molar-refractivity contribution in [3.8, 4) is 5.75 Å². The van der Waals surface area contributed by atoms with Gasteiger partial charge in [-0.2, -0.15) is 0 Å². The van der Waals surface area contributed by atoms with Gasteiger partial charge in [0.05, 0.1) is 6.61 Å². The third kappa shape index (κ3) is 5.20. The first-order valence-corrected chi connectivity index (χ1v) is 6.74. The molecule has 0 aliphatic heterocycles. The van der Waals surface area contributed by atoms with Gasteiger partial charge >= 0.3 is 0 Å². The molecular weight excluding hydrogens is 240 g/mol. The largest absolute Gasteiger partial charge is 0.493 e. The van der Waals surface area contributed by atoms with Gasteiger partial charge < -0.3 is 15.7 Å². The Labute approximate surface area is 115 Å². The van der Waals surface area contributed by atoms with Gasteiger partial charge in [0.2, 0.25) is 0 Å². The normalized spacial score (nSPS) is 11.9. The van der Waals surface area contributed by atoms with Gasteiger partial charge in [-0.15, -0.1) is 0 Å². The molecule has 0 aromatic heterocycles. The summed E-state index contributed by atoms with van der Waals surface area (Å²) >= 11 is 0. The summed E-state index contributed by atoms with van der Waals surface area (Å²) in [6.45, 7) is 7.05. The molecule has 106 valence electrons. The van der Waals surface area contributed by atoms with E-state index in [0.29, 0.717) is 18.9 Å². The standard InChI is InChI=1S/C15H24N2O2/c1-11(2)13-8-7-12(3)14(10-13)19-9-5-4-6-15(16)17-18/h7-8,10-11,18H,4-6,9H2,1-3H3,(H2,16,17). The van der Waals surface area contributed by atoms with E-state index in [4.69, 9.17) is 15.7 Å². The lowest BCUT2D eigenvalue weighted by molar-refractivity contribution is 0.303. The molecule has 0 fully saturated rings. The number of ether oxygens (including phenoxy) is 1. The number of aryl methyl sites for hydroxylation is 1. The van der Waals surface area contributed by atoms with Crippen LogP contribution in [0.25, 0.3) is 0 Å². The van der Waals surface area contributed by atoms with Crippen molar-refractivity contribution in [2.24, 2.45) is 10.9 Å². The van der Waals surface area contributed by atoms with Crippen LogP contribution in [0.2, 0.25) is 0 Å². The topological polar surface area (TPSA) is 67.8 Å². The predicted molar refractivity (Wildman–Crippen MR) is 78.0 cm³/mol. The number of benzene rings is 1. The van der Waals surface area contributed by atoms with Gasteiger partial charge in [0.15, 0.2) is 0 Å². The van der Waals surface area contributed by atoms with Crippen LogP contribution < -0.4 is 10.5 Å². The molecule has 0 saturated heterocycles. The predicted octanol–water partition coefficient (Wildman–Crippen LogP) is 3.41. The number of amidine groups is 1. The molecule has 0 heterocycles. The maximum atomic E-state index is 8.42. The van der Waals surface area contributed by atoms with Crippen molar-refractivity contribution in [2.75, 3.05) is 6.61 Å². The Hall–Kier alpha value is -1.71. The minimum absolute atomic E-state index is 0.276. The molecule has 1 aromatic rings. The maximum Gasteiger partial charge on any atom is 0.139 e. The summed E-state index contributed by atoms with van der Waals surface area (Å²) in [4.78, 5) is 0. The van der Waals surface area contributed by atoms with E-state index in [2.05, 4.69) is 44.1 Å². The number of hydrogen-bond donors (Lipinski definition) is 2. The van der Waals surface area contributed by atoms with Crippen molar-refractivity contribution in [3.05, 3.63) is 29.3 Å². The summed E-state index contributed by atoms with van der Waals surface area (Å²) < 4.78 is 5.80. The molecule has 0 amide bonds. The highest BCUT2D eigenvalue weighted by molar-refractivity contribution is 5.79. The van der Waals surface area contributed by atoms with Crippen molar-refractivity contribution in [3.63, 3.8) is 0 Å². The van der Waals surface area contributed by atoms with Crippen molar-refractivity contribution in [2.45, 2.75) is 46.0 Å². The number of hydrogen-bond acceptors (Lipinski definition) is 3. The second kappa shape index (κ2) is 7.67. The fourth-order valence-corrected chi connectivity index (χ4v) is 1.77. The minimum atomic E-state index is 0.276. The second-order valence-electron chi connectivity index (χ2n) is 5.08. The van der Waals surface area contributed by atoms with Crippen molar-refractivity contribution in [1.29, 1.82) is 0 Å². The molecule has 1 rings (SSSR count). The molecule has 0 aliphatic rings. The Bertz CT molecular complexity index is 428. The van der Waals surface area contributed by atoms with E-state index in [1.807, 2.05) is 0 Å². The monoisotopic (exact) mass is 264 g/mol. The molecule has 0 unspecified atom stereocenters. The van der Waals surface area contributed by atoms with Crippen LogP contribution in [0.5, 0.6) is 5.75 Å². The Morgan fingerprint density at radius 3 is 2.74 bits per heavy atom. The summed E-state index contributed by atoms with van der Waals surface area (Å²) in [6.07, 6.45) is 2.35. The second-order valence-corrected chi connectivity index (χ2v) is 5.08. The lowest BCUT2D eigenvalue weighted by atomic mass is 10.0. The third-order valence-electron chi connectivity index (χ3n) is 3.09. The zero-order valence-electron chi connectivity index (χ0n) is 12.0. The summed E-state index contributed by atoms with van der Waals surface area (Å²) in [6, 6.07) is 6.36. The maximum absolute atomic E-state index is 8.42. The van der Waals surface area contributed by atoms with Gasteiger partial charge in [-0.25, -0.2) is 0 Å². The molecule has 19 heavy (non-hydrogen) atoms. The molecule has 1 aromatic carbocycles. The number of nitrogens with zero attached hydrogens (tertiary/aromatic N) is 1. The van der Waals surface area contributed by atoms with E-state index in [1.54, 1.807) is 0 Å².